The summed E-state index contributed by atoms with van der Waals surface area (Å²) in [5, 5.41) is 9.20. The normalized spacial score (nSPS) is 31.2. The highest BCUT2D eigenvalue weighted by atomic mass is 19.1. The zero-order chi connectivity index (χ0) is 31.6. The predicted octanol–water partition coefficient (Wildman–Crippen LogP) is 3.67. The van der Waals surface area contributed by atoms with E-state index in [1.54, 1.807) is 18.4 Å². The van der Waals surface area contributed by atoms with Crippen molar-refractivity contribution in [2.75, 3.05) is 39.8 Å². The zero-order valence-corrected chi connectivity index (χ0v) is 26.5. The molecule has 5 N–H and O–H groups in total. The van der Waals surface area contributed by atoms with Gasteiger partial charge in [-0.15, -0.1) is 0 Å². The van der Waals surface area contributed by atoms with Crippen molar-refractivity contribution in [1.29, 1.82) is 0 Å². The topological polar surface area (TPSA) is 115 Å². The second kappa shape index (κ2) is 16.3. The van der Waals surface area contributed by atoms with E-state index in [1.165, 1.54) is 6.21 Å². The van der Waals surface area contributed by atoms with Crippen LogP contribution in [0.3, 0.4) is 0 Å². The lowest BCUT2D eigenvalue weighted by Crippen LogP contribution is -2.52. The molecule has 0 bridgehead atoms. The maximum atomic E-state index is 15.6. The van der Waals surface area contributed by atoms with E-state index in [2.05, 4.69) is 39.8 Å². The lowest BCUT2D eigenvalue weighted by atomic mass is 9.84. The highest BCUT2D eigenvalue weighted by Gasteiger charge is 2.37. The summed E-state index contributed by atoms with van der Waals surface area (Å²) in [4.78, 5) is 35.6. The minimum atomic E-state index is -1.29. The summed E-state index contributed by atoms with van der Waals surface area (Å²) >= 11 is 0. The largest absolute Gasteiger partial charge is 0.387 e. The molecule has 1 saturated heterocycles. The fourth-order valence-corrected chi connectivity index (χ4v) is 6.46. The standard InChI is InChI=1S/C33H51F2N7O2/c1-4-6-8-25-10-9-24(34)19-38-27(7-5-2)30(31(36)39-25)32(43)40-28-21-37-20-26(35)29(28)22-13-17-42(18-14-22)33(44)23-11-15-41(3)16-12-23/h7,10,13,19,21,23-24,26,29-31,37,39H,4-6,8-9,11-12,14-18,20,36H2,1-3H3,(H,40,43)/b25-10-,27-7-,38-19?. The third-order valence-corrected chi connectivity index (χ3v) is 9.06. The molecule has 5 unspecified atom stereocenters. The fourth-order valence-electron chi connectivity index (χ4n) is 6.46. The number of carbonyl (C=O) groups is 2. The van der Waals surface area contributed by atoms with Gasteiger partial charge in [-0.1, -0.05) is 44.1 Å². The first-order valence-corrected chi connectivity index (χ1v) is 16.4. The molecule has 4 aliphatic rings. The lowest BCUT2D eigenvalue weighted by molar-refractivity contribution is -0.136. The number of unbranched alkanes of at least 4 members (excludes halogenated alkanes) is 1. The van der Waals surface area contributed by atoms with Gasteiger partial charge in [-0.05, 0) is 58.7 Å². The molecule has 4 heterocycles. The molecule has 0 aromatic heterocycles. The molecular weight excluding hydrogens is 564 g/mol. The van der Waals surface area contributed by atoms with Gasteiger partial charge in [-0.25, -0.2) is 8.78 Å². The summed E-state index contributed by atoms with van der Waals surface area (Å²) < 4.78 is 30.2. The van der Waals surface area contributed by atoms with Crippen LogP contribution >= 0.6 is 0 Å². The smallest absolute Gasteiger partial charge is 0.236 e. The van der Waals surface area contributed by atoms with E-state index < -0.39 is 36.3 Å². The van der Waals surface area contributed by atoms with E-state index >= 15 is 4.39 Å². The van der Waals surface area contributed by atoms with Crippen LogP contribution in [0.15, 0.2) is 52.1 Å². The first-order chi connectivity index (χ1) is 21.2. The Morgan fingerprint density at radius 1 is 1.18 bits per heavy atom. The SMILES string of the molecule is CC/C=C1\N=CC(F)C/C=C(/CCCC)NC(N)C1C(=O)NC1=CNCC(F)C1C1=CCN(C(=O)C2CCN(C)CC2)CC1. The molecule has 44 heavy (non-hydrogen) atoms. The van der Waals surface area contributed by atoms with Crippen molar-refractivity contribution in [3.05, 3.63) is 47.1 Å². The highest BCUT2D eigenvalue weighted by molar-refractivity contribution is 5.85. The number of rotatable bonds is 8. The summed E-state index contributed by atoms with van der Waals surface area (Å²) in [5.41, 5.74) is 9.10. The Kier molecular flexibility index (Phi) is 12.5. The quantitative estimate of drug-likeness (QED) is 0.310. The van der Waals surface area contributed by atoms with Crippen LogP contribution < -0.4 is 21.7 Å². The highest BCUT2D eigenvalue weighted by Crippen LogP contribution is 2.33. The van der Waals surface area contributed by atoms with Crippen LogP contribution in [-0.4, -0.2) is 86.1 Å². The number of allylic oxidation sites excluding steroid dienone is 4. The number of alkyl halides is 2. The number of piperidine rings is 1. The molecule has 11 heteroatoms. The molecule has 0 aliphatic carbocycles. The summed E-state index contributed by atoms with van der Waals surface area (Å²) in [7, 11) is 2.08. The van der Waals surface area contributed by atoms with Crippen molar-refractivity contribution in [2.45, 2.75) is 83.7 Å². The lowest BCUT2D eigenvalue weighted by Gasteiger charge is -2.37. The second-order valence-corrected chi connectivity index (χ2v) is 12.4. The van der Waals surface area contributed by atoms with E-state index in [0.29, 0.717) is 43.7 Å². The van der Waals surface area contributed by atoms with Crippen LogP contribution in [0.2, 0.25) is 0 Å². The van der Waals surface area contributed by atoms with Crippen molar-refractivity contribution in [1.82, 2.24) is 25.8 Å². The van der Waals surface area contributed by atoms with Gasteiger partial charge in [0.15, 0.2) is 0 Å². The van der Waals surface area contributed by atoms with Crippen molar-refractivity contribution < 1.29 is 18.4 Å². The number of aliphatic imine (C=N–C) groups is 1. The molecule has 0 radical (unpaired) electrons. The first kappa shape index (κ1) is 33.8. The van der Waals surface area contributed by atoms with Gasteiger partial charge in [0.2, 0.25) is 11.8 Å². The Bertz CT molecular complexity index is 1160. The molecule has 0 aromatic rings. The summed E-state index contributed by atoms with van der Waals surface area (Å²) in [6.07, 6.45) is 10.6. The van der Waals surface area contributed by atoms with E-state index in [4.69, 9.17) is 5.73 Å². The number of nitrogens with one attached hydrogen (secondary N) is 3. The number of likely N-dealkylation sites (tertiary alicyclic amines) is 1. The minimum absolute atomic E-state index is 0.0387. The minimum Gasteiger partial charge on any atom is -0.387 e. The number of nitrogens with two attached hydrogens (primary N) is 1. The Morgan fingerprint density at radius 2 is 1.95 bits per heavy atom. The zero-order valence-electron chi connectivity index (χ0n) is 26.5. The van der Waals surface area contributed by atoms with Gasteiger partial charge in [0, 0.05) is 55.8 Å². The maximum absolute atomic E-state index is 15.6. The van der Waals surface area contributed by atoms with Crippen molar-refractivity contribution >= 4 is 18.0 Å². The molecule has 4 rings (SSSR count). The van der Waals surface area contributed by atoms with Gasteiger partial charge >= 0.3 is 0 Å². The monoisotopic (exact) mass is 615 g/mol. The molecule has 244 valence electrons. The molecular formula is C33H51F2N7O2. The van der Waals surface area contributed by atoms with Crippen molar-refractivity contribution in [3.8, 4) is 0 Å². The Hall–Kier alpha value is -3.05. The van der Waals surface area contributed by atoms with Gasteiger partial charge in [-0.3, -0.25) is 14.6 Å². The Balaban J connectivity index is 1.51. The van der Waals surface area contributed by atoms with Crippen molar-refractivity contribution in [2.24, 2.45) is 28.5 Å². The number of nitrogens with zero attached hydrogens (tertiary/aromatic N) is 3. The fraction of sp³-hybridized carbons (Fsp3) is 0.667. The van der Waals surface area contributed by atoms with Gasteiger partial charge in [0.05, 0.1) is 17.8 Å². The molecule has 9 nitrogen and oxygen atoms in total. The van der Waals surface area contributed by atoms with Crippen LogP contribution in [0.5, 0.6) is 0 Å². The molecule has 0 saturated carbocycles. The third kappa shape index (κ3) is 8.78. The Morgan fingerprint density at radius 3 is 2.64 bits per heavy atom. The molecule has 2 amide bonds. The first-order valence-electron chi connectivity index (χ1n) is 16.4. The van der Waals surface area contributed by atoms with Crippen LogP contribution in [0.1, 0.15) is 65.2 Å². The molecule has 0 spiro atoms. The molecule has 1 fully saturated rings. The van der Waals surface area contributed by atoms with Crippen molar-refractivity contribution in [3.63, 3.8) is 0 Å². The van der Waals surface area contributed by atoms with Gasteiger partial charge in [-0.2, -0.15) is 0 Å². The molecule has 4 aliphatic heterocycles. The van der Waals surface area contributed by atoms with Gasteiger partial charge in [0.25, 0.3) is 0 Å². The van der Waals surface area contributed by atoms with E-state index in [0.717, 1.165) is 50.0 Å². The number of carbonyl (C=O) groups excluding carboxylic acids is 2. The third-order valence-electron chi connectivity index (χ3n) is 9.06. The van der Waals surface area contributed by atoms with Crippen LogP contribution in [-0.2, 0) is 9.59 Å². The summed E-state index contributed by atoms with van der Waals surface area (Å²) in [5.74, 6) is -1.81. The van der Waals surface area contributed by atoms with Gasteiger partial charge < -0.3 is 31.5 Å². The van der Waals surface area contributed by atoms with Crippen LogP contribution in [0.4, 0.5) is 8.78 Å². The van der Waals surface area contributed by atoms with Crippen LogP contribution in [0.25, 0.3) is 0 Å². The summed E-state index contributed by atoms with van der Waals surface area (Å²) in [6, 6.07) is 0. The predicted molar refractivity (Wildman–Crippen MR) is 171 cm³/mol. The average molecular weight is 616 g/mol. The number of hydrogen-bond donors (Lipinski definition) is 4. The molecule has 0 aromatic carbocycles. The number of hydrogen-bond acceptors (Lipinski definition) is 7. The number of halogens is 2. The maximum Gasteiger partial charge on any atom is 0.236 e. The van der Waals surface area contributed by atoms with E-state index in [-0.39, 0.29) is 24.8 Å². The second-order valence-electron chi connectivity index (χ2n) is 12.4. The Labute approximate surface area is 261 Å². The average Bonchev–Trinajstić information content (AvgIpc) is 3.01. The molecule has 5 atom stereocenters. The van der Waals surface area contributed by atoms with Gasteiger partial charge in [0.1, 0.15) is 18.3 Å². The van der Waals surface area contributed by atoms with Crippen LogP contribution in [0, 0.1) is 17.8 Å². The van der Waals surface area contributed by atoms with E-state index in [1.807, 2.05) is 17.9 Å². The summed E-state index contributed by atoms with van der Waals surface area (Å²) in [6.45, 7) is 6.93. The number of amides is 2. The van der Waals surface area contributed by atoms with E-state index in [9.17, 15) is 14.0 Å².